The zero-order chi connectivity index (χ0) is 22.4. The lowest BCUT2D eigenvalue weighted by molar-refractivity contribution is -0.123. The molecule has 0 saturated carbocycles. The van der Waals surface area contributed by atoms with Crippen molar-refractivity contribution in [3.05, 3.63) is 64.2 Å². The van der Waals surface area contributed by atoms with Gasteiger partial charge in [0.25, 0.3) is 11.8 Å². The smallest absolute Gasteiger partial charge is 0.262 e. The van der Waals surface area contributed by atoms with Crippen LogP contribution in [0.25, 0.3) is 0 Å². The minimum absolute atomic E-state index is 0.122. The van der Waals surface area contributed by atoms with Crippen LogP contribution in [0.2, 0.25) is 5.02 Å². The minimum atomic E-state index is -0.736. The molecule has 0 aromatic heterocycles. The fourth-order valence-corrected chi connectivity index (χ4v) is 3.93. The number of nitrogens with zero attached hydrogens (tertiary/aromatic N) is 2. The Balaban J connectivity index is 1.62. The average Bonchev–Trinajstić information content (AvgIpc) is 3.26. The fourth-order valence-electron chi connectivity index (χ4n) is 3.71. The Morgan fingerprint density at radius 3 is 2.48 bits per heavy atom. The zero-order valence-corrected chi connectivity index (χ0v) is 18.9. The fraction of sp³-hybridized carbons (Fsp3) is 0.375. The van der Waals surface area contributed by atoms with Gasteiger partial charge in [-0.15, -0.1) is 0 Å². The van der Waals surface area contributed by atoms with Gasteiger partial charge in [-0.2, -0.15) is 5.10 Å². The Hall–Kier alpha value is -2.86. The van der Waals surface area contributed by atoms with Crippen LogP contribution in [0.5, 0.6) is 0 Å². The first-order valence-electron chi connectivity index (χ1n) is 10.6. The summed E-state index contributed by atoms with van der Waals surface area (Å²) in [5, 5.41) is 7.19. The SMILES string of the molecule is Cc1cc(/C=N\NC(=O)C(NC(=O)c2ccccc2Cl)C(C)C)ccc1N1CCCC1. The van der Waals surface area contributed by atoms with Crippen LogP contribution in [0.4, 0.5) is 5.69 Å². The quantitative estimate of drug-likeness (QED) is 0.501. The number of rotatable bonds is 7. The molecular formula is C24H29ClN4O2. The maximum atomic E-state index is 12.6. The monoisotopic (exact) mass is 440 g/mol. The molecule has 2 N–H and O–H groups in total. The van der Waals surface area contributed by atoms with E-state index in [0.29, 0.717) is 10.6 Å². The van der Waals surface area contributed by atoms with Crippen molar-refractivity contribution < 1.29 is 9.59 Å². The predicted octanol–water partition coefficient (Wildman–Crippen LogP) is 4.15. The summed E-state index contributed by atoms with van der Waals surface area (Å²) in [6.45, 7) is 8.01. The van der Waals surface area contributed by atoms with Crippen LogP contribution in [-0.4, -0.2) is 37.2 Å². The number of amides is 2. The highest BCUT2D eigenvalue weighted by atomic mass is 35.5. The van der Waals surface area contributed by atoms with E-state index in [9.17, 15) is 9.59 Å². The largest absolute Gasteiger partial charge is 0.371 e. The number of nitrogens with one attached hydrogen (secondary N) is 2. The van der Waals surface area contributed by atoms with Crippen LogP contribution in [-0.2, 0) is 4.79 Å². The number of carbonyl (C=O) groups excluding carboxylic acids is 2. The molecule has 3 rings (SSSR count). The van der Waals surface area contributed by atoms with Crippen LogP contribution in [0.1, 0.15) is 48.2 Å². The lowest BCUT2D eigenvalue weighted by Crippen LogP contribution is -2.48. The van der Waals surface area contributed by atoms with Gasteiger partial charge in [0, 0.05) is 18.8 Å². The predicted molar refractivity (Wildman–Crippen MR) is 126 cm³/mol. The molecule has 0 aliphatic carbocycles. The molecule has 1 aliphatic rings. The molecular weight excluding hydrogens is 412 g/mol. The summed E-state index contributed by atoms with van der Waals surface area (Å²) >= 11 is 6.09. The van der Waals surface area contributed by atoms with Crippen molar-refractivity contribution >= 4 is 35.3 Å². The average molecular weight is 441 g/mol. The number of aryl methyl sites for hydroxylation is 1. The van der Waals surface area contributed by atoms with Crippen molar-refractivity contribution in [3.8, 4) is 0 Å². The number of anilines is 1. The van der Waals surface area contributed by atoms with Gasteiger partial charge in [-0.05, 0) is 61.1 Å². The van der Waals surface area contributed by atoms with Crippen LogP contribution in [0.15, 0.2) is 47.6 Å². The lowest BCUT2D eigenvalue weighted by atomic mass is 10.0. The third kappa shape index (κ3) is 5.85. The van der Waals surface area contributed by atoms with Crippen molar-refractivity contribution in [1.82, 2.24) is 10.7 Å². The number of carbonyl (C=O) groups is 2. The normalized spacial score (nSPS) is 14.8. The molecule has 2 amide bonds. The van der Waals surface area contributed by atoms with Gasteiger partial charge in [0.1, 0.15) is 6.04 Å². The van der Waals surface area contributed by atoms with Crippen molar-refractivity contribution in [2.75, 3.05) is 18.0 Å². The molecule has 2 aromatic carbocycles. The second kappa shape index (κ2) is 10.4. The summed E-state index contributed by atoms with van der Waals surface area (Å²) in [5.74, 6) is -0.891. The highest BCUT2D eigenvalue weighted by Crippen LogP contribution is 2.24. The first kappa shape index (κ1) is 22.8. The highest BCUT2D eigenvalue weighted by molar-refractivity contribution is 6.33. The first-order valence-corrected chi connectivity index (χ1v) is 11.0. The molecule has 2 aromatic rings. The van der Waals surface area contributed by atoms with Crippen molar-refractivity contribution in [2.24, 2.45) is 11.0 Å². The summed E-state index contributed by atoms with van der Waals surface area (Å²) in [7, 11) is 0. The van der Waals surface area contributed by atoms with E-state index in [-0.39, 0.29) is 11.8 Å². The van der Waals surface area contributed by atoms with Gasteiger partial charge in [0.05, 0.1) is 16.8 Å². The molecule has 0 bridgehead atoms. The van der Waals surface area contributed by atoms with Gasteiger partial charge in [0.2, 0.25) is 0 Å². The summed E-state index contributed by atoms with van der Waals surface area (Å²) in [4.78, 5) is 27.6. The van der Waals surface area contributed by atoms with Gasteiger partial charge in [-0.1, -0.05) is 43.6 Å². The molecule has 1 atom stereocenters. The molecule has 31 heavy (non-hydrogen) atoms. The second-order valence-corrected chi connectivity index (χ2v) is 8.56. The second-order valence-electron chi connectivity index (χ2n) is 8.15. The van der Waals surface area contributed by atoms with E-state index in [1.54, 1.807) is 30.5 Å². The molecule has 1 heterocycles. The topological polar surface area (TPSA) is 73.8 Å². The van der Waals surface area contributed by atoms with Crippen LogP contribution in [0.3, 0.4) is 0 Å². The molecule has 1 saturated heterocycles. The van der Waals surface area contributed by atoms with E-state index >= 15 is 0 Å². The molecule has 0 radical (unpaired) electrons. The van der Waals surface area contributed by atoms with E-state index in [1.165, 1.54) is 24.1 Å². The van der Waals surface area contributed by atoms with Crippen molar-refractivity contribution in [3.63, 3.8) is 0 Å². The summed E-state index contributed by atoms with van der Waals surface area (Å²) in [6, 6.07) is 12.2. The molecule has 0 spiro atoms. The Morgan fingerprint density at radius 2 is 1.84 bits per heavy atom. The van der Waals surface area contributed by atoms with Crippen LogP contribution < -0.4 is 15.6 Å². The van der Waals surface area contributed by atoms with Crippen LogP contribution in [0, 0.1) is 12.8 Å². The van der Waals surface area contributed by atoms with E-state index in [1.807, 2.05) is 19.9 Å². The van der Waals surface area contributed by atoms with E-state index in [0.717, 1.165) is 18.7 Å². The Kier molecular flexibility index (Phi) is 7.69. The van der Waals surface area contributed by atoms with Crippen molar-refractivity contribution in [1.29, 1.82) is 0 Å². The molecule has 1 aliphatic heterocycles. The molecule has 7 heteroatoms. The van der Waals surface area contributed by atoms with Gasteiger partial charge in [-0.3, -0.25) is 9.59 Å². The van der Waals surface area contributed by atoms with Crippen LogP contribution >= 0.6 is 11.6 Å². The van der Waals surface area contributed by atoms with E-state index in [2.05, 4.69) is 39.8 Å². The molecule has 6 nitrogen and oxygen atoms in total. The van der Waals surface area contributed by atoms with E-state index in [4.69, 9.17) is 11.6 Å². The third-order valence-corrected chi connectivity index (χ3v) is 5.74. The molecule has 1 unspecified atom stereocenters. The Morgan fingerprint density at radius 1 is 1.13 bits per heavy atom. The lowest BCUT2D eigenvalue weighted by Gasteiger charge is -2.21. The molecule has 1 fully saturated rings. The van der Waals surface area contributed by atoms with Gasteiger partial charge >= 0.3 is 0 Å². The van der Waals surface area contributed by atoms with Gasteiger partial charge in [0.15, 0.2) is 0 Å². The number of hydrogen-bond acceptors (Lipinski definition) is 4. The standard InChI is InChI=1S/C24H29ClN4O2/c1-16(2)22(27-23(30)19-8-4-5-9-20(19)25)24(31)28-26-15-18-10-11-21(17(3)14-18)29-12-6-7-13-29/h4-5,8-11,14-16,22H,6-7,12-13H2,1-3H3,(H,27,30)(H,28,31)/b26-15-. The summed E-state index contributed by atoms with van der Waals surface area (Å²) < 4.78 is 0. The van der Waals surface area contributed by atoms with Gasteiger partial charge in [-0.25, -0.2) is 5.43 Å². The first-order chi connectivity index (χ1) is 14.9. The zero-order valence-electron chi connectivity index (χ0n) is 18.2. The highest BCUT2D eigenvalue weighted by Gasteiger charge is 2.25. The molecule has 164 valence electrons. The maximum Gasteiger partial charge on any atom is 0.262 e. The summed E-state index contributed by atoms with van der Waals surface area (Å²) in [5.41, 5.74) is 6.22. The maximum absolute atomic E-state index is 12.6. The number of halogens is 1. The third-order valence-electron chi connectivity index (χ3n) is 5.41. The Bertz CT molecular complexity index is 968. The van der Waals surface area contributed by atoms with E-state index < -0.39 is 11.9 Å². The number of benzene rings is 2. The Labute approximate surface area is 188 Å². The van der Waals surface area contributed by atoms with Crippen molar-refractivity contribution in [2.45, 2.75) is 39.7 Å². The number of hydrogen-bond donors (Lipinski definition) is 2. The number of hydrazone groups is 1. The van der Waals surface area contributed by atoms with Gasteiger partial charge < -0.3 is 10.2 Å². The summed E-state index contributed by atoms with van der Waals surface area (Å²) in [6.07, 6.45) is 4.09. The minimum Gasteiger partial charge on any atom is -0.371 e.